The molecule has 2 aromatic heterocycles. The Kier molecular flexibility index (Phi) is 4.56. The summed E-state index contributed by atoms with van der Waals surface area (Å²) in [6, 6.07) is 5.01. The maximum Gasteiger partial charge on any atom is 0.328 e. The fourth-order valence-corrected chi connectivity index (χ4v) is 2.74. The van der Waals surface area contributed by atoms with E-state index in [2.05, 4.69) is 10.3 Å². The SMILES string of the molecule is COC(=O)C(Cc1c[nH]c2cc(F)ccc12)NC(=O)c1ccoc1C. The second-order valence-electron chi connectivity index (χ2n) is 5.65. The molecule has 7 heteroatoms. The molecule has 0 spiro atoms. The van der Waals surface area contributed by atoms with Gasteiger partial charge in [0.2, 0.25) is 0 Å². The summed E-state index contributed by atoms with van der Waals surface area (Å²) in [6.45, 7) is 1.66. The van der Waals surface area contributed by atoms with Crippen molar-refractivity contribution in [1.82, 2.24) is 10.3 Å². The number of fused-ring (bicyclic) bond motifs is 1. The Balaban J connectivity index is 1.84. The first-order chi connectivity index (χ1) is 12.0. The lowest BCUT2D eigenvalue weighted by atomic mass is 10.0. The number of methoxy groups -OCH3 is 1. The normalized spacial score (nSPS) is 12.1. The molecule has 0 radical (unpaired) electrons. The third-order valence-corrected chi connectivity index (χ3v) is 4.05. The van der Waals surface area contributed by atoms with Gasteiger partial charge in [-0.1, -0.05) is 0 Å². The van der Waals surface area contributed by atoms with Gasteiger partial charge in [-0.05, 0) is 36.8 Å². The van der Waals surface area contributed by atoms with Crippen LogP contribution in [0.15, 0.2) is 41.1 Å². The van der Waals surface area contributed by atoms with Crippen LogP contribution in [0, 0.1) is 12.7 Å². The third-order valence-electron chi connectivity index (χ3n) is 4.05. The molecule has 0 saturated carbocycles. The topological polar surface area (TPSA) is 84.3 Å². The zero-order valence-corrected chi connectivity index (χ0v) is 13.8. The summed E-state index contributed by atoms with van der Waals surface area (Å²) in [7, 11) is 1.26. The number of benzene rings is 1. The fourth-order valence-electron chi connectivity index (χ4n) is 2.74. The minimum Gasteiger partial charge on any atom is -0.469 e. The van der Waals surface area contributed by atoms with Crippen molar-refractivity contribution in [1.29, 1.82) is 0 Å². The molecule has 1 amide bonds. The quantitative estimate of drug-likeness (QED) is 0.697. The number of aromatic amines is 1. The minimum absolute atomic E-state index is 0.209. The smallest absolute Gasteiger partial charge is 0.328 e. The predicted octanol–water partition coefficient (Wildman–Crippen LogP) is 2.72. The van der Waals surface area contributed by atoms with Crippen LogP contribution in [0.3, 0.4) is 0 Å². The number of ether oxygens (including phenoxy) is 1. The van der Waals surface area contributed by atoms with Crippen LogP contribution in [0.25, 0.3) is 10.9 Å². The molecule has 0 aliphatic carbocycles. The lowest BCUT2D eigenvalue weighted by Crippen LogP contribution is -2.43. The average Bonchev–Trinajstić information content (AvgIpc) is 3.19. The Hall–Kier alpha value is -3.09. The molecular weight excluding hydrogens is 327 g/mol. The van der Waals surface area contributed by atoms with Crippen molar-refractivity contribution >= 4 is 22.8 Å². The lowest BCUT2D eigenvalue weighted by Gasteiger charge is -2.16. The average molecular weight is 344 g/mol. The number of halogens is 1. The number of furan rings is 1. The van der Waals surface area contributed by atoms with Gasteiger partial charge in [0, 0.05) is 23.5 Å². The Morgan fingerprint density at radius 2 is 2.16 bits per heavy atom. The number of amides is 1. The molecule has 0 fully saturated rings. The van der Waals surface area contributed by atoms with Gasteiger partial charge in [0.25, 0.3) is 5.91 Å². The number of hydrogen-bond donors (Lipinski definition) is 2. The molecule has 3 aromatic rings. The Labute approximate surface area is 143 Å². The highest BCUT2D eigenvalue weighted by Gasteiger charge is 2.25. The first-order valence-electron chi connectivity index (χ1n) is 7.68. The second-order valence-corrected chi connectivity index (χ2v) is 5.65. The number of nitrogens with one attached hydrogen (secondary N) is 2. The second kappa shape index (κ2) is 6.80. The van der Waals surface area contributed by atoms with Gasteiger partial charge < -0.3 is 19.5 Å². The zero-order valence-electron chi connectivity index (χ0n) is 13.8. The molecule has 1 atom stereocenters. The number of carbonyl (C=O) groups is 2. The summed E-state index contributed by atoms with van der Waals surface area (Å²) in [6.07, 6.45) is 3.31. The number of carbonyl (C=O) groups excluding carboxylic acids is 2. The first kappa shape index (κ1) is 16.8. The highest BCUT2D eigenvalue weighted by Crippen LogP contribution is 2.21. The molecule has 25 heavy (non-hydrogen) atoms. The first-order valence-corrected chi connectivity index (χ1v) is 7.68. The molecule has 6 nitrogen and oxygen atoms in total. The molecule has 0 aliphatic rings. The molecule has 0 aliphatic heterocycles. The summed E-state index contributed by atoms with van der Waals surface area (Å²) in [4.78, 5) is 27.4. The molecule has 0 bridgehead atoms. The molecule has 3 rings (SSSR count). The van der Waals surface area contributed by atoms with Gasteiger partial charge in [-0.15, -0.1) is 0 Å². The van der Waals surface area contributed by atoms with Crippen LogP contribution >= 0.6 is 0 Å². The van der Waals surface area contributed by atoms with E-state index in [0.29, 0.717) is 16.8 Å². The van der Waals surface area contributed by atoms with Crippen LogP contribution in [0.4, 0.5) is 4.39 Å². The van der Waals surface area contributed by atoms with Crippen molar-refractivity contribution in [2.24, 2.45) is 0 Å². The van der Waals surface area contributed by atoms with Crippen LogP contribution in [0.5, 0.6) is 0 Å². The monoisotopic (exact) mass is 344 g/mol. The van der Waals surface area contributed by atoms with Gasteiger partial charge in [0.05, 0.1) is 18.9 Å². The molecule has 130 valence electrons. The molecule has 2 heterocycles. The summed E-state index contributed by atoms with van der Waals surface area (Å²) in [5.74, 6) is -0.878. The van der Waals surface area contributed by atoms with Crippen molar-refractivity contribution in [2.75, 3.05) is 7.11 Å². The Bertz CT molecular complexity index is 928. The van der Waals surface area contributed by atoms with Crippen molar-refractivity contribution < 1.29 is 23.1 Å². The van der Waals surface area contributed by atoms with E-state index in [4.69, 9.17) is 9.15 Å². The zero-order chi connectivity index (χ0) is 18.0. The summed E-state index contributed by atoms with van der Waals surface area (Å²) in [5.41, 5.74) is 1.75. The van der Waals surface area contributed by atoms with Crippen molar-refractivity contribution in [3.05, 3.63) is 59.4 Å². The van der Waals surface area contributed by atoms with Crippen LogP contribution in [-0.2, 0) is 16.0 Å². The van der Waals surface area contributed by atoms with Crippen LogP contribution in [-0.4, -0.2) is 30.0 Å². The van der Waals surface area contributed by atoms with E-state index >= 15 is 0 Å². The summed E-state index contributed by atoms with van der Waals surface area (Å²) >= 11 is 0. The van der Waals surface area contributed by atoms with Crippen LogP contribution in [0.1, 0.15) is 21.7 Å². The fraction of sp³-hybridized carbons (Fsp3) is 0.222. The Morgan fingerprint density at radius 1 is 1.36 bits per heavy atom. The number of aryl methyl sites for hydroxylation is 1. The van der Waals surface area contributed by atoms with E-state index in [9.17, 15) is 14.0 Å². The number of esters is 1. The summed E-state index contributed by atoms with van der Waals surface area (Å²) < 4.78 is 23.2. The van der Waals surface area contributed by atoms with Crippen molar-refractivity contribution in [3.8, 4) is 0 Å². The number of rotatable bonds is 5. The standard InChI is InChI=1S/C18H17FN2O4/c1-10-13(5-6-25-10)17(22)21-16(18(23)24-2)7-11-9-20-15-8-12(19)3-4-14(11)15/h3-6,8-9,16,20H,7H2,1-2H3,(H,21,22). The van der Waals surface area contributed by atoms with Gasteiger partial charge in [0.1, 0.15) is 17.6 Å². The van der Waals surface area contributed by atoms with Gasteiger partial charge >= 0.3 is 5.97 Å². The number of H-pyrrole nitrogens is 1. The third kappa shape index (κ3) is 3.40. The van der Waals surface area contributed by atoms with Crippen molar-refractivity contribution in [2.45, 2.75) is 19.4 Å². The Morgan fingerprint density at radius 3 is 2.84 bits per heavy atom. The molecule has 1 unspecified atom stereocenters. The predicted molar refractivity (Wildman–Crippen MR) is 88.7 cm³/mol. The molecular formula is C18H17FN2O4. The van der Waals surface area contributed by atoms with Gasteiger partial charge in [-0.2, -0.15) is 0 Å². The molecule has 1 aromatic carbocycles. The van der Waals surface area contributed by atoms with Crippen molar-refractivity contribution in [3.63, 3.8) is 0 Å². The van der Waals surface area contributed by atoms with Crippen LogP contribution < -0.4 is 5.32 Å². The molecule has 0 saturated heterocycles. The maximum atomic E-state index is 13.3. The largest absolute Gasteiger partial charge is 0.469 e. The van der Waals surface area contributed by atoms with E-state index in [1.165, 1.54) is 31.6 Å². The highest BCUT2D eigenvalue weighted by atomic mass is 19.1. The number of hydrogen-bond acceptors (Lipinski definition) is 4. The lowest BCUT2D eigenvalue weighted by molar-refractivity contribution is -0.142. The van der Waals surface area contributed by atoms with Crippen LogP contribution in [0.2, 0.25) is 0 Å². The number of aromatic nitrogens is 1. The van der Waals surface area contributed by atoms with E-state index in [-0.39, 0.29) is 12.2 Å². The van der Waals surface area contributed by atoms with E-state index in [1.807, 2.05) is 0 Å². The summed E-state index contributed by atoms with van der Waals surface area (Å²) in [5, 5.41) is 3.45. The van der Waals surface area contributed by atoms with Gasteiger partial charge in [-0.3, -0.25) is 4.79 Å². The van der Waals surface area contributed by atoms with E-state index in [1.54, 1.807) is 19.2 Å². The van der Waals surface area contributed by atoms with E-state index in [0.717, 1.165) is 10.9 Å². The minimum atomic E-state index is -0.879. The highest BCUT2D eigenvalue weighted by molar-refractivity contribution is 5.97. The maximum absolute atomic E-state index is 13.3. The van der Waals surface area contributed by atoms with E-state index < -0.39 is 17.9 Å². The van der Waals surface area contributed by atoms with Gasteiger partial charge in [-0.25, -0.2) is 9.18 Å². The van der Waals surface area contributed by atoms with Gasteiger partial charge in [0.15, 0.2) is 0 Å². The molecule has 2 N–H and O–H groups in total.